The van der Waals surface area contributed by atoms with Crippen molar-refractivity contribution in [3.05, 3.63) is 35.7 Å². The molecular formula is C20H22N4O3. The second kappa shape index (κ2) is 6.49. The van der Waals surface area contributed by atoms with Crippen LogP contribution >= 0.6 is 0 Å². The van der Waals surface area contributed by atoms with Gasteiger partial charge in [0.1, 0.15) is 5.69 Å². The number of nitrogens with zero attached hydrogens (tertiary/aromatic N) is 3. The number of carbonyl (C=O) groups excluding carboxylic acids is 1. The highest BCUT2D eigenvalue weighted by molar-refractivity contribution is 6.07. The van der Waals surface area contributed by atoms with Gasteiger partial charge in [-0.05, 0) is 50.8 Å². The highest BCUT2D eigenvalue weighted by Crippen LogP contribution is 2.30. The van der Waals surface area contributed by atoms with Gasteiger partial charge >= 0.3 is 0 Å². The van der Waals surface area contributed by atoms with Crippen molar-refractivity contribution in [3.63, 3.8) is 0 Å². The van der Waals surface area contributed by atoms with Crippen LogP contribution < -0.4 is 5.32 Å². The summed E-state index contributed by atoms with van der Waals surface area (Å²) in [6.45, 7) is 3.95. The van der Waals surface area contributed by atoms with Crippen LogP contribution in [0.5, 0.6) is 0 Å². The van der Waals surface area contributed by atoms with Gasteiger partial charge in [0.2, 0.25) is 0 Å². The van der Waals surface area contributed by atoms with Crippen molar-refractivity contribution in [2.75, 3.05) is 13.1 Å². The third-order valence-corrected chi connectivity index (χ3v) is 5.56. The monoisotopic (exact) mass is 366 g/mol. The number of furan rings is 1. The molecule has 1 amide bonds. The van der Waals surface area contributed by atoms with Crippen molar-refractivity contribution >= 4 is 17.0 Å². The summed E-state index contributed by atoms with van der Waals surface area (Å²) in [5, 5.41) is 7.86. The fraction of sp³-hybridized carbons (Fsp3) is 0.450. The largest absolute Gasteiger partial charge is 0.463 e. The van der Waals surface area contributed by atoms with Crippen molar-refractivity contribution in [2.24, 2.45) is 0 Å². The van der Waals surface area contributed by atoms with E-state index in [4.69, 9.17) is 8.94 Å². The molecule has 1 saturated carbocycles. The summed E-state index contributed by atoms with van der Waals surface area (Å²) in [4.78, 5) is 20.1. The molecule has 140 valence electrons. The number of nitrogens with one attached hydrogen (secondary N) is 1. The summed E-state index contributed by atoms with van der Waals surface area (Å²) < 4.78 is 10.8. The number of rotatable bonds is 4. The predicted molar refractivity (Wildman–Crippen MR) is 99.3 cm³/mol. The third kappa shape index (κ3) is 3.12. The van der Waals surface area contributed by atoms with Crippen molar-refractivity contribution in [1.29, 1.82) is 0 Å². The number of aryl methyl sites for hydroxylation is 1. The minimum absolute atomic E-state index is 0.105. The van der Waals surface area contributed by atoms with E-state index in [-0.39, 0.29) is 11.9 Å². The lowest BCUT2D eigenvalue weighted by Gasteiger charge is -2.32. The predicted octanol–water partition coefficient (Wildman–Crippen LogP) is 3.15. The molecule has 4 heterocycles. The Morgan fingerprint density at radius 3 is 2.78 bits per heavy atom. The van der Waals surface area contributed by atoms with Crippen LogP contribution in [0, 0.1) is 6.92 Å². The number of hydrogen-bond donors (Lipinski definition) is 1. The van der Waals surface area contributed by atoms with Crippen LogP contribution in [0.3, 0.4) is 0 Å². The molecule has 0 aromatic carbocycles. The van der Waals surface area contributed by atoms with Crippen LogP contribution in [0.4, 0.5) is 0 Å². The van der Waals surface area contributed by atoms with Crippen LogP contribution in [-0.4, -0.2) is 46.1 Å². The fourth-order valence-corrected chi connectivity index (χ4v) is 3.94. The number of piperidine rings is 1. The van der Waals surface area contributed by atoms with Gasteiger partial charge in [0.15, 0.2) is 5.76 Å². The fourth-order valence-electron chi connectivity index (χ4n) is 3.94. The zero-order chi connectivity index (χ0) is 18.4. The van der Waals surface area contributed by atoms with Gasteiger partial charge < -0.3 is 19.2 Å². The summed E-state index contributed by atoms with van der Waals surface area (Å²) >= 11 is 0. The SMILES string of the molecule is Cc1noc2nc(-c3ccco3)cc(C(=O)NC3CCN(C4CC4)CC3)c12. The van der Waals surface area contributed by atoms with Crippen molar-refractivity contribution in [1.82, 2.24) is 20.4 Å². The molecule has 3 aromatic heterocycles. The molecule has 0 unspecified atom stereocenters. The lowest BCUT2D eigenvalue weighted by Crippen LogP contribution is -2.45. The van der Waals surface area contributed by atoms with Gasteiger partial charge in [0.25, 0.3) is 11.6 Å². The molecule has 0 spiro atoms. The minimum atomic E-state index is -0.105. The summed E-state index contributed by atoms with van der Waals surface area (Å²) in [5.41, 5.74) is 2.12. The molecule has 7 heteroatoms. The van der Waals surface area contributed by atoms with Gasteiger partial charge in [-0.25, -0.2) is 4.98 Å². The van der Waals surface area contributed by atoms with E-state index in [1.807, 2.05) is 13.0 Å². The molecule has 27 heavy (non-hydrogen) atoms. The standard InChI is InChI=1S/C20H22N4O3/c1-12-18-15(11-16(17-3-2-10-26-17)22-20(18)27-23-12)19(25)21-13-6-8-24(9-7-13)14-4-5-14/h2-3,10-11,13-14H,4-9H2,1H3,(H,21,25). The Hall–Kier alpha value is -2.67. The second-order valence-corrected chi connectivity index (χ2v) is 7.50. The Labute approximate surface area is 156 Å². The molecule has 1 aliphatic heterocycles. The Bertz CT molecular complexity index is 967. The average Bonchev–Trinajstić information content (AvgIpc) is 3.25. The van der Waals surface area contributed by atoms with Crippen LogP contribution in [0.25, 0.3) is 22.6 Å². The first-order valence-electron chi connectivity index (χ1n) is 9.55. The topological polar surface area (TPSA) is 84.4 Å². The van der Waals surface area contributed by atoms with E-state index in [9.17, 15) is 4.79 Å². The molecule has 7 nitrogen and oxygen atoms in total. The Kier molecular flexibility index (Phi) is 3.97. The average molecular weight is 366 g/mol. The first-order chi connectivity index (χ1) is 13.2. The zero-order valence-electron chi connectivity index (χ0n) is 15.3. The zero-order valence-corrected chi connectivity index (χ0v) is 15.3. The number of aromatic nitrogens is 2. The van der Waals surface area contributed by atoms with Crippen LogP contribution in [0.2, 0.25) is 0 Å². The van der Waals surface area contributed by atoms with Crippen LogP contribution in [0.1, 0.15) is 41.7 Å². The van der Waals surface area contributed by atoms with Gasteiger partial charge in [-0.2, -0.15) is 0 Å². The minimum Gasteiger partial charge on any atom is -0.463 e. The Balaban J connectivity index is 1.41. The molecule has 1 N–H and O–H groups in total. The number of fused-ring (bicyclic) bond motifs is 1. The summed E-state index contributed by atoms with van der Waals surface area (Å²) in [5.74, 6) is 0.490. The number of amides is 1. The van der Waals surface area contributed by atoms with Crippen molar-refractivity contribution in [2.45, 2.75) is 44.7 Å². The van der Waals surface area contributed by atoms with Gasteiger partial charge in [0, 0.05) is 25.2 Å². The van der Waals surface area contributed by atoms with Crippen molar-refractivity contribution in [3.8, 4) is 11.5 Å². The number of likely N-dealkylation sites (tertiary alicyclic amines) is 1. The smallest absolute Gasteiger partial charge is 0.259 e. The normalized spacial score (nSPS) is 18.9. The second-order valence-electron chi connectivity index (χ2n) is 7.50. The maximum Gasteiger partial charge on any atom is 0.259 e. The lowest BCUT2D eigenvalue weighted by atomic mass is 10.0. The summed E-state index contributed by atoms with van der Waals surface area (Å²) in [7, 11) is 0. The first kappa shape index (κ1) is 16.5. The van der Waals surface area contributed by atoms with Gasteiger partial charge in [-0.1, -0.05) is 5.16 Å². The maximum absolute atomic E-state index is 13.1. The van der Waals surface area contributed by atoms with E-state index in [0.717, 1.165) is 32.0 Å². The van der Waals surface area contributed by atoms with Crippen LogP contribution in [0.15, 0.2) is 33.4 Å². The van der Waals surface area contributed by atoms with E-state index < -0.39 is 0 Å². The summed E-state index contributed by atoms with van der Waals surface area (Å²) in [6, 6.07) is 6.35. The number of pyridine rings is 1. The molecule has 1 aliphatic carbocycles. The number of carbonyl (C=O) groups is 1. The van der Waals surface area contributed by atoms with E-state index in [2.05, 4.69) is 20.4 Å². The molecule has 1 saturated heterocycles. The van der Waals surface area contributed by atoms with E-state index in [0.29, 0.717) is 33.8 Å². The molecular weight excluding hydrogens is 344 g/mol. The molecule has 5 rings (SSSR count). The van der Waals surface area contributed by atoms with Gasteiger partial charge in [0.05, 0.1) is 22.9 Å². The molecule has 3 aromatic rings. The highest BCUT2D eigenvalue weighted by Gasteiger charge is 2.32. The van der Waals surface area contributed by atoms with Crippen LogP contribution in [-0.2, 0) is 0 Å². The molecule has 0 radical (unpaired) electrons. The van der Waals surface area contributed by atoms with Gasteiger partial charge in [-0.15, -0.1) is 0 Å². The number of hydrogen-bond acceptors (Lipinski definition) is 6. The molecule has 0 atom stereocenters. The third-order valence-electron chi connectivity index (χ3n) is 5.56. The maximum atomic E-state index is 13.1. The van der Waals surface area contributed by atoms with Gasteiger partial charge in [-0.3, -0.25) is 4.79 Å². The first-order valence-corrected chi connectivity index (χ1v) is 9.55. The highest BCUT2D eigenvalue weighted by atomic mass is 16.5. The van der Waals surface area contributed by atoms with E-state index >= 15 is 0 Å². The lowest BCUT2D eigenvalue weighted by molar-refractivity contribution is 0.0910. The Morgan fingerprint density at radius 1 is 1.26 bits per heavy atom. The molecule has 2 aliphatic rings. The summed E-state index contributed by atoms with van der Waals surface area (Å²) in [6.07, 6.45) is 6.22. The van der Waals surface area contributed by atoms with Crippen molar-refractivity contribution < 1.29 is 13.7 Å². The quantitative estimate of drug-likeness (QED) is 0.764. The Morgan fingerprint density at radius 2 is 2.07 bits per heavy atom. The van der Waals surface area contributed by atoms with E-state index in [1.165, 1.54) is 12.8 Å². The molecule has 0 bridgehead atoms. The molecule has 2 fully saturated rings. The van der Waals surface area contributed by atoms with E-state index in [1.54, 1.807) is 18.4 Å².